The third kappa shape index (κ3) is 5.36. The van der Waals surface area contributed by atoms with Crippen molar-refractivity contribution in [1.82, 2.24) is 10.0 Å². The zero-order chi connectivity index (χ0) is 20.8. The number of imide groups is 1. The molecule has 0 radical (unpaired) electrons. The van der Waals surface area contributed by atoms with E-state index in [1.807, 2.05) is 42.5 Å². The molecule has 6 nitrogen and oxygen atoms in total. The summed E-state index contributed by atoms with van der Waals surface area (Å²) in [6, 6.07) is 15.8. The molecule has 0 unspecified atom stereocenters. The van der Waals surface area contributed by atoms with Crippen molar-refractivity contribution >= 4 is 34.9 Å². The van der Waals surface area contributed by atoms with Gasteiger partial charge in [0.1, 0.15) is 11.3 Å². The van der Waals surface area contributed by atoms with Crippen LogP contribution in [0.15, 0.2) is 63.9 Å². The number of para-hydroxylation sites is 1. The number of nitrogens with one attached hydrogen (secondary N) is 2. The van der Waals surface area contributed by atoms with Crippen LogP contribution in [0.2, 0.25) is 0 Å². The fraction of sp³-hybridized carbons (Fsp3) is 0.304. The molecule has 30 heavy (non-hydrogen) atoms. The van der Waals surface area contributed by atoms with E-state index in [-0.39, 0.29) is 5.76 Å². The van der Waals surface area contributed by atoms with Crippen LogP contribution in [0, 0.1) is 5.92 Å². The van der Waals surface area contributed by atoms with Gasteiger partial charge in [-0.1, -0.05) is 43.5 Å². The Morgan fingerprint density at radius 3 is 2.70 bits per heavy atom. The largest absolute Gasteiger partial charge is 0.493 e. The number of carbonyl (C=O) groups is 2. The Morgan fingerprint density at radius 2 is 1.87 bits per heavy atom. The first-order chi connectivity index (χ1) is 14.7. The number of ether oxygens (including phenoxy) is 1. The standard InChI is InChI=1S/C23H24N2O4S/c26-22(21-13-17-9-4-5-12-20(17)29-21)24-23(27)25-30-19-11-6-10-18(14-19)28-15-16-7-2-1-3-8-16/h4-6,9-14,16H,1-3,7-8,15H2,(H2,24,25,26,27). The van der Waals surface area contributed by atoms with Gasteiger partial charge in [0, 0.05) is 10.3 Å². The topological polar surface area (TPSA) is 80.6 Å². The monoisotopic (exact) mass is 424 g/mol. The summed E-state index contributed by atoms with van der Waals surface area (Å²) in [5, 5.41) is 3.08. The third-order valence-electron chi connectivity index (χ3n) is 5.15. The van der Waals surface area contributed by atoms with Crippen LogP contribution >= 0.6 is 11.9 Å². The first kappa shape index (κ1) is 20.3. The van der Waals surface area contributed by atoms with Gasteiger partial charge in [-0.15, -0.1) is 0 Å². The van der Waals surface area contributed by atoms with Crippen LogP contribution in [-0.4, -0.2) is 18.5 Å². The maximum Gasteiger partial charge on any atom is 0.332 e. The van der Waals surface area contributed by atoms with E-state index in [0.717, 1.165) is 34.6 Å². The van der Waals surface area contributed by atoms with Gasteiger partial charge in [0.25, 0.3) is 5.91 Å². The fourth-order valence-corrected chi connectivity index (χ4v) is 4.17. The molecule has 7 heteroatoms. The molecule has 0 atom stereocenters. The first-order valence-corrected chi connectivity index (χ1v) is 11.0. The van der Waals surface area contributed by atoms with Gasteiger partial charge in [0.05, 0.1) is 6.61 Å². The summed E-state index contributed by atoms with van der Waals surface area (Å²) in [5.74, 6) is 0.915. The van der Waals surface area contributed by atoms with Crippen LogP contribution in [0.3, 0.4) is 0 Å². The summed E-state index contributed by atoms with van der Waals surface area (Å²) >= 11 is 1.12. The molecule has 1 saturated carbocycles. The Morgan fingerprint density at radius 1 is 1.03 bits per heavy atom. The number of benzene rings is 2. The summed E-state index contributed by atoms with van der Waals surface area (Å²) in [4.78, 5) is 25.1. The van der Waals surface area contributed by atoms with Crippen molar-refractivity contribution in [2.75, 3.05) is 6.61 Å². The number of furan rings is 1. The predicted molar refractivity (Wildman–Crippen MR) is 117 cm³/mol. The third-order valence-corrected chi connectivity index (χ3v) is 5.93. The van der Waals surface area contributed by atoms with E-state index in [9.17, 15) is 9.59 Å². The highest BCUT2D eigenvalue weighted by Crippen LogP contribution is 2.26. The molecule has 2 aromatic carbocycles. The highest BCUT2D eigenvalue weighted by atomic mass is 32.2. The molecule has 0 spiro atoms. The minimum Gasteiger partial charge on any atom is -0.493 e. The Bertz CT molecular complexity index is 994. The lowest BCUT2D eigenvalue weighted by molar-refractivity contribution is 0.0940. The molecule has 1 aliphatic carbocycles. The van der Waals surface area contributed by atoms with Crippen LogP contribution in [0.5, 0.6) is 5.75 Å². The van der Waals surface area contributed by atoms with E-state index in [4.69, 9.17) is 9.15 Å². The van der Waals surface area contributed by atoms with E-state index in [0.29, 0.717) is 11.5 Å². The van der Waals surface area contributed by atoms with Crippen molar-refractivity contribution < 1.29 is 18.7 Å². The van der Waals surface area contributed by atoms with Crippen molar-refractivity contribution in [1.29, 1.82) is 0 Å². The molecule has 1 aromatic heterocycles. The summed E-state index contributed by atoms with van der Waals surface area (Å²) in [5.41, 5.74) is 0.600. The summed E-state index contributed by atoms with van der Waals surface area (Å²) < 4.78 is 14.0. The average Bonchev–Trinajstić information content (AvgIpc) is 3.22. The zero-order valence-corrected chi connectivity index (χ0v) is 17.4. The summed E-state index contributed by atoms with van der Waals surface area (Å²) in [6.07, 6.45) is 6.37. The first-order valence-electron chi connectivity index (χ1n) is 10.2. The smallest absolute Gasteiger partial charge is 0.332 e. The van der Waals surface area contributed by atoms with Crippen molar-refractivity contribution in [3.63, 3.8) is 0 Å². The van der Waals surface area contributed by atoms with Gasteiger partial charge in [-0.3, -0.25) is 14.8 Å². The Kier molecular flexibility index (Phi) is 6.59. The molecule has 0 aliphatic heterocycles. The Balaban J connectivity index is 1.26. The molecule has 3 amide bonds. The molecule has 0 bridgehead atoms. The molecule has 0 saturated heterocycles. The van der Waals surface area contributed by atoms with Crippen LogP contribution in [0.1, 0.15) is 42.7 Å². The number of rotatable bonds is 6. The number of amides is 3. The number of fused-ring (bicyclic) bond motifs is 1. The number of hydrogen-bond donors (Lipinski definition) is 2. The van der Waals surface area contributed by atoms with Gasteiger partial charge in [-0.05, 0) is 61.0 Å². The minimum atomic E-state index is -0.612. The fourth-order valence-electron chi connectivity index (χ4n) is 3.58. The van der Waals surface area contributed by atoms with Gasteiger partial charge in [-0.2, -0.15) is 0 Å². The molecule has 156 valence electrons. The molecular weight excluding hydrogens is 400 g/mol. The van der Waals surface area contributed by atoms with Gasteiger partial charge in [-0.25, -0.2) is 4.79 Å². The lowest BCUT2D eigenvalue weighted by atomic mass is 9.90. The second kappa shape index (κ2) is 9.71. The lowest BCUT2D eigenvalue weighted by Gasteiger charge is -2.21. The van der Waals surface area contributed by atoms with Crippen LogP contribution < -0.4 is 14.8 Å². The van der Waals surface area contributed by atoms with Gasteiger partial charge < -0.3 is 9.15 Å². The molecule has 4 rings (SSSR count). The van der Waals surface area contributed by atoms with Gasteiger partial charge in [0.2, 0.25) is 0 Å². The molecule has 2 N–H and O–H groups in total. The summed E-state index contributed by atoms with van der Waals surface area (Å²) in [7, 11) is 0. The Hall–Kier alpha value is -2.93. The number of carbonyl (C=O) groups excluding carboxylic acids is 2. The number of hydrogen-bond acceptors (Lipinski definition) is 5. The van der Waals surface area contributed by atoms with Crippen molar-refractivity contribution in [3.05, 3.63) is 60.4 Å². The average molecular weight is 425 g/mol. The normalized spacial score (nSPS) is 14.4. The van der Waals surface area contributed by atoms with E-state index in [1.165, 1.54) is 32.1 Å². The number of urea groups is 1. The molecule has 3 aromatic rings. The highest BCUT2D eigenvalue weighted by molar-refractivity contribution is 7.98. The SMILES string of the molecule is O=C(NSc1cccc(OCC2CCCCC2)c1)NC(=O)c1cc2ccccc2o1. The molecule has 1 fully saturated rings. The zero-order valence-electron chi connectivity index (χ0n) is 16.6. The highest BCUT2D eigenvalue weighted by Gasteiger charge is 2.16. The van der Waals surface area contributed by atoms with E-state index >= 15 is 0 Å². The summed E-state index contributed by atoms with van der Waals surface area (Å²) in [6.45, 7) is 0.730. The van der Waals surface area contributed by atoms with Crippen molar-refractivity contribution in [2.24, 2.45) is 5.92 Å². The molecular formula is C23H24N2O4S. The second-order valence-corrected chi connectivity index (χ2v) is 8.31. The van der Waals surface area contributed by atoms with Crippen LogP contribution in [-0.2, 0) is 0 Å². The lowest BCUT2D eigenvalue weighted by Crippen LogP contribution is -2.36. The van der Waals surface area contributed by atoms with Crippen LogP contribution in [0.25, 0.3) is 11.0 Å². The van der Waals surface area contributed by atoms with Crippen molar-refractivity contribution in [3.8, 4) is 5.75 Å². The molecule has 1 aliphatic rings. The van der Waals surface area contributed by atoms with Gasteiger partial charge >= 0.3 is 6.03 Å². The Labute approximate surface area is 179 Å². The molecule has 1 heterocycles. The van der Waals surface area contributed by atoms with E-state index < -0.39 is 11.9 Å². The predicted octanol–water partition coefficient (Wildman–Crippen LogP) is 5.54. The second-order valence-electron chi connectivity index (χ2n) is 7.43. The quantitative estimate of drug-likeness (QED) is 0.508. The van der Waals surface area contributed by atoms with Crippen molar-refractivity contribution in [2.45, 2.75) is 37.0 Å². The minimum absolute atomic E-state index is 0.0921. The maximum atomic E-state index is 12.2. The van der Waals surface area contributed by atoms with Crippen LogP contribution in [0.4, 0.5) is 4.79 Å². The van der Waals surface area contributed by atoms with E-state index in [1.54, 1.807) is 12.1 Å². The van der Waals surface area contributed by atoms with E-state index in [2.05, 4.69) is 10.0 Å². The maximum absolute atomic E-state index is 12.2. The van der Waals surface area contributed by atoms with Gasteiger partial charge in [0.15, 0.2) is 5.76 Å².